The molecule has 0 fully saturated rings. The van der Waals surface area contributed by atoms with Gasteiger partial charge in [0.15, 0.2) is 11.8 Å². The first-order chi connectivity index (χ1) is 12.1. The molecule has 2 heterocycles. The van der Waals surface area contributed by atoms with Gasteiger partial charge in [-0.2, -0.15) is 10.1 Å². The lowest BCUT2D eigenvalue weighted by Gasteiger charge is -2.17. The zero-order valence-corrected chi connectivity index (χ0v) is 17.1. The fourth-order valence-corrected chi connectivity index (χ4v) is 2.69. The second kappa shape index (κ2) is 7.88. The first-order valence-electron chi connectivity index (χ1n) is 8.91. The van der Waals surface area contributed by atoms with Crippen molar-refractivity contribution >= 4 is 5.96 Å². The van der Waals surface area contributed by atoms with Crippen molar-refractivity contribution in [2.75, 3.05) is 7.05 Å². The van der Waals surface area contributed by atoms with Gasteiger partial charge in [0.2, 0.25) is 5.89 Å². The van der Waals surface area contributed by atoms with Crippen LogP contribution in [0.1, 0.15) is 56.4 Å². The summed E-state index contributed by atoms with van der Waals surface area (Å²) in [6, 6.07) is 0.207. The molecule has 2 rings (SSSR count). The lowest BCUT2D eigenvalue weighted by atomic mass is 9.97. The Morgan fingerprint density at radius 2 is 2.00 bits per heavy atom. The molecule has 0 aromatic carbocycles. The molecule has 0 amide bonds. The van der Waals surface area contributed by atoms with Crippen LogP contribution < -0.4 is 10.6 Å². The van der Waals surface area contributed by atoms with Gasteiger partial charge in [0.25, 0.3) is 0 Å². The smallest absolute Gasteiger partial charge is 0.232 e. The molecule has 2 aromatic rings. The van der Waals surface area contributed by atoms with Gasteiger partial charge < -0.3 is 15.2 Å². The van der Waals surface area contributed by atoms with Gasteiger partial charge in [0.1, 0.15) is 0 Å². The van der Waals surface area contributed by atoms with Crippen LogP contribution in [-0.4, -0.2) is 39.0 Å². The van der Waals surface area contributed by atoms with E-state index in [4.69, 9.17) is 4.52 Å². The molecule has 26 heavy (non-hydrogen) atoms. The van der Waals surface area contributed by atoms with Crippen LogP contribution in [0.3, 0.4) is 0 Å². The summed E-state index contributed by atoms with van der Waals surface area (Å²) in [4.78, 5) is 8.70. The van der Waals surface area contributed by atoms with Gasteiger partial charge in [-0.25, -0.2) is 0 Å². The van der Waals surface area contributed by atoms with Crippen molar-refractivity contribution in [2.24, 2.45) is 12.0 Å². The first-order valence-corrected chi connectivity index (χ1v) is 8.91. The minimum atomic E-state index is -0.154. The van der Waals surface area contributed by atoms with E-state index in [1.165, 1.54) is 11.3 Å². The third-order valence-corrected chi connectivity index (χ3v) is 4.30. The number of aliphatic imine (C=N–C) groups is 1. The Morgan fingerprint density at radius 3 is 2.50 bits per heavy atom. The summed E-state index contributed by atoms with van der Waals surface area (Å²) >= 11 is 0. The van der Waals surface area contributed by atoms with E-state index < -0.39 is 0 Å². The van der Waals surface area contributed by atoms with Crippen LogP contribution in [0, 0.1) is 13.8 Å². The van der Waals surface area contributed by atoms with Gasteiger partial charge in [-0.3, -0.25) is 9.67 Å². The largest absolute Gasteiger partial charge is 0.354 e. The van der Waals surface area contributed by atoms with E-state index in [9.17, 15) is 0 Å². The predicted molar refractivity (Wildman–Crippen MR) is 102 cm³/mol. The average Bonchev–Trinajstić information content (AvgIpc) is 3.12. The monoisotopic (exact) mass is 361 g/mol. The minimum absolute atomic E-state index is 0.154. The zero-order chi connectivity index (χ0) is 19.5. The maximum atomic E-state index is 5.31. The second-order valence-corrected chi connectivity index (χ2v) is 7.71. The van der Waals surface area contributed by atoms with E-state index in [0.29, 0.717) is 24.2 Å². The van der Waals surface area contributed by atoms with Gasteiger partial charge in [-0.05, 0) is 32.8 Å². The molecule has 144 valence electrons. The van der Waals surface area contributed by atoms with Crippen molar-refractivity contribution in [1.82, 2.24) is 30.6 Å². The molecule has 1 atom stereocenters. The standard InChI is InChI=1S/C18H31N7O/c1-11(9-14-12(2)23-25(8)13(14)3)21-17(19-7)20-10-15-22-16(26-24-15)18(4,5)6/h11H,9-10H2,1-8H3,(H2,19,20,21). The van der Waals surface area contributed by atoms with Crippen LogP contribution >= 0.6 is 0 Å². The Bertz CT molecular complexity index is 767. The molecule has 0 radical (unpaired) electrons. The molecule has 0 aliphatic rings. The van der Waals surface area contributed by atoms with Gasteiger partial charge in [-0.15, -0.1) is 0 Å². The molecule has 0 saturated carbocycles. The highest BCUT2D eigenvalue weighted by Crippen LogP contribution is 2.19. The van der Waals surface area contributed by atoms with E-state index in [-0.39, 0.29) is 11.5 Å². The van der Waals surface area contributed by atoms with E-state index in [1.54, 1.807) is 7.05 Å². The van der Waals surface area contributed by atoms with Crippen molar-refractivity contribution in [3.63, 3.8) is 0 Å². The number of nitrogens with one attached hydrogen (secondary N) is 2. The minimum Gasteiger partial charge on any atom is -0.354 e. The Hall–Kier alpha value is -2.38. The molecule has 0 aliphatic carbocycles. The molecule has 2 N–H and O–H groups in total. The van der Waals surface area contributed by atoms with Crippen LogP contribution in [0.15, 0.2) is 9.52 Å². The van der Waals surface area contributed by atoms with E-state index in [1.807, 2.05) is 39.4 Å². The van der Waals surface area contributed by atoms with Crippen molar-refractivity contribution in [3.8, 4) is 0 Å². The molecule has 0 bridgehead atoms. The summed E-state index contributed by atoms with van der Waals surface area (Å²) in [5.74, 6) is 1.96. The van der Waals surface area contributed by atoms with Crippen molar-refractivity contribution < 1.29 is 4.52 Å². The van der Waals surface area contributed by atoms with Crippen LogP contribution in [0.2, 0.25) is 0 Å². The van der Waals surface area contributed by atoms with Gasteiger partial charge >= 0.3 is 0 Å². The first kappa shape index (κ1) is 19.9. The molecule has 2 aromatic heterocycles. The van der Waals surface area contributed by atoms with Crippen LogP contribution in [-0.2, 0) is 25.4 Å². The van der Waals surface area contributed by atoms with Crippen LogP contribution in [0.5, 0.6) is 0 Å². The highest BCUT2D eigenvalue weighted by Gasteiger charge is 2.21. The number of guanidine groups is 1. The molecular weight excluding hydrogens is 330 g/mol. The molecule has 0 saturated heterocycles. The molecule has 0 spiro atoms. The average molecular weight is 361 g/mol. The summed E-state index contributed by atoms with van der Waals surface area (Å²) < 4.78 is 7.24. The van der Waals surface area contributed by atoms with Crippen LogP contribution in [0.4, 0.5) is 0 Å². The highest BCUT2D eigenvalue weighted by molar-refractivity contribution is 5.79. The van der Waals surface area contributed by atoms with Gasteiger partial charge in [0.05, 0.1) is 12.2 Å². The predicted octanol–water partition coefficient (Wildman–Crippen LogP) is 2.01. The number of aryl methyl sites for hydroxylation is 2. The highest BCUT2D eigenvalue weighted by atomic mass is 16.5. The Balaban J connectivity index is 1.92. The maximum absolute atomic E-state index is 5.31. The summed E-state index contributed by atoms with van der Waals surface area (Å²) in [5, 5.41) is 15.1. The van der Waals surface area contributed by atoms with Gasteiger partial charge in [-0.1, -0.05) is 25.9 Å². The lowest BCUT2D eigenvalue weighted by Crippen LogP contribution is -2.43. The summed E-state index contributed by atoms with van der Waals surface area (Å²) in [6.45, 7) is 12.9. The molecule has 1 unspecified atom stereocenters. The normalized spacial score (nSPS) is 13.8. The third-order valence-electron chi connectivity index (χ3n) is 4.30. The Morgan fingerprint density at radius 1 is 1.31 bits per heavy atom. The summed E-state index contributed by atoms with van der Waals surface area (Å²) in [5.41, 5.74) is 3.39. The van der Waals surface area contributed by atoms with Crippen molar-refractivity contribution in [3.05, 3.63) is 28.7 Å². The fraction of sp³-hybridized carbons (Fsp3) is 0.667. The van der Waals surface area contributed by atoms with Crippen LogP contribution in [0.25, 0.3) is 0 Å². The topological polar surface area (TPSA) is 93.2 Å². The van der Waals surface area contributed by atoms with E-state index in [0.717, 1.165) is 12.1 Å². The van der Waals surface area contributed by atoms with E-state index >= 15 is 0 Å². The number of rotatable bonds is 5. The number of nitrogens with zero attached hydrogens (tertiary/aromatic N) is 5. The Labute approximate surface area is 155 Å². The molecular formula is C18H31N7O. The maximum Gasteiger partial charge on any atom is 0.232 e. The van der Waals surface area contributed by atoms with Gasteiger partial charge in [0, 0.05) is 31.2 Å². The molecule has 8 heteroatoms. The number of aromatic nitrogens is 4. The van der Waals surface area contributed by atoms with E-state index in [2.05, 4.69) is 44.7 Å². The molecule has 0 aliphatic heterocycles. The fourth-order valence-electron chi connectivity index (χ4n) is 2.69. The number of hydrogen-bond acceptors (Lipinski definition) is 5. The number of hydrogen-bond donors (Lipinski definition) is 2. The Kier molecular flexibility index (Phi) is 6.05. The SMILES string of the molecule is CN=C(NCc1noc(C(C)(C)C)n1)NC(C)Cc1c(C)nn(C)c1C. The zero-order valence-electron chi connectivity index (χ0n) is 17.1. The van der Waals surface area contributed by atoms with Crippen molar-refractivity contribution in [2.45, 2.75) is 66.0 Å². The third kappa shape index (κ3) is 4.83. The second-order valence-electron chi connectivity index (χ2n) is 7.71. The van der Waals surface area contributed by atoms with Crippen molar-refractivity contribution in [1.29, 1.82) is 0 Å². The lowest BCUT2D eigenvalue weighted by molar-refractivity contribution is 0.318. The summed E-state index contributed by atoms with van der Waals surface area (Å²) in [6.07, 6.45) is 0.878. The summed E-state index contributed by atoms with van der Waals surface area (Å²) in [7, 11) is 3.72. The quantitative estimate of drug-likeness (QED) is 0.625. The molecule has 8 nitrogen and oxygen atoms in total.